The number of likely N-dealkylation sites (tertiary alicyclic amines) is 1. The lowest BCUT2D eigenvalue weighted by molar-refractivity contribution is -0.121. The van der Waals surface area contributed by atoms with Gasteiger partial charge in [-0.05, 0) is 43.0 Å². The molecule has 3 heterocycles. The first kappa shape index (κ1) is 21.1. The van der Waals surface area contributed by atoms with Crippen molar-refractivity contribution < 1.29 is 14.3 Å². The number of carbonyl (C=O) groups excluding carboxylic acids is 2. The molecule has 1 atom stereocenters. The number of benzene rings is 1. The largest absolute Gasteiger partial charge is 0.495 e. The van der Waals surface area contributed by atoms with Gasteiger partial charge in [-0.15, -0.1) is 11.3 Å². The SMILES string of the molecule is COc1cc(-c2ccccc2)sc1C(=O)N1CCCC(C(=O)Nc2ccc(C)cn2)C1. The van der Waals surface area contributed by atoms with E-state index in [2.05, 4.69) is 10.3 Å². The number of pyridine rings is 1. The average Bonchev–Trinajstić information content (AvgIpc) is 3.25. The van der Waals surface area contributed by atoms with Crippen molar-refractivity contribution >= 4 is 29.0 Å². The zero-order valence-corrected chi connectivity index (χ0v) is 18.4. The second-order valence-corrected chi connectivity index (χ2v) is 8.73. The van der Waals surface area contributed by atoms with Crippen molar-refractivity contribution in [2.75, 3.05) is 25.5 Å². The summed E-state index contributed by atoms with van der Waals surface area (Å²) in [7, 11) is 1.58. The summed E-state index contributed by atoms with van der Waals surface area (Å²) in [6.45, 7) is 2.97. The number of ether oxygens (including phenoxy) is 1. The molecule has 6 nitrogen and oxygen atoms in total. The highest BCUT2D eigenvalue weighted by Gasteiger charge is 2.31. The Bertz CT molecular complexity index is 1060. The summed E-state index contributed by atoms with van der Waals surface area (Å²) < 4.78 is 5.50. The van der Waals surface area contributed by atoms with E-state index >= 15 is 0 Å². The number of methoxy groups -OCH3 is 1. The summed E-state index contributed by atoms with van der Waals surface area (Å²) in [4.78, 5) is 33.6. The van der Waals surface area contributed by atoms with Gasteiger partial charge in [0.05, 0.1) is 13.0 Å². The molecule has 0 bridgehead atoms. The molecule has 1 N–H and O–H groups in total. The predicted molar refractivity (Wildman–Crippen MR) is 123 cm³/mol. The Morgan fingerprint density at radius 2 is 2.00 bits per heavy atom. The van der Waals surface area contributed by atoms with Crippen LogP contribution in [0.15, 0.2) is 54.7 Å². The van der Waals surface area contributed by atoms with Gasteiger partial charge in [0.2, 0.25) is 5.91 Å². The van der Waals surface area contributed by atoms with Crippen molar-refractivity contribution in [3.05, 3.63) is 65.2 Å². The van der Waals surface area contributed by atoms with Gasteiger partial charge in [-0.1, -0.05) is 36.4 Å². The minimum Gasteiger partial charge on any atom is -0.495 e. The molecule has 1 aliphatic rings. The summed E-state index contributed by atoms with van der Waals surface area (Å²) in [5, 5.41) is 2.88. The Morgan fingerprint density at radius 3 is 2.71 bits per heavy atom. The molecule has 160 valence electrons. The van der Waals surface area contributed by atoms with Crippen molar-refractivity contribution in [1.82, 2.24) is 9.88 Å². The van der Waals surface area contributed by atoms with Crippen molar-refractivity contribution in [3.63, 3.8) is 0 Å². The molecule has 7 heteroatoms. The van der Waals surface area contributed by atoms with Gasteiger partial charge in [-0.25, -0.2) is 4.98 Å². The van der Waals surface area contributed by atoms with Crippen LogP contribution < -0.4 is 10.1 Å². The lowest BCUT2D eigenvalue weighted by Crippen LogP contribution is -2.43. The Hall–Kier alpha value is -3.19. The summed E-state index contributed by atoms with van der Waals surface area (Å²) in [6.07, 6.45) is 3.25. The van der Waals surface area contributed by atoms with Gasteiger partial charge in [0, 0.05) is 24.2 Å². The van der Waals surface area contributed by atoms with Gasteiger partial charge in [-0.3, -0.25) is 9.59 Å². The Labute approximate surface area is 185 Å². The van der Waals surface area contributed by atoms with Crippen molar-refractivity contribution in [2.45, 2.75) is 19.8 Å². The van der Waals surface area contributed by atoms with Crippen LogP contribution in [0.4, 0.5) is 5.82 Å². The number of thiophene rings is 1. The van der Waals surface area contributed by atoms with Crippen LogP contribution in [0.3, 0.4) is 0 Å². The zero-order chi connectivity index (χ0) is 21.8. The standard InChI is InChI=1S/C24H25N3O3S/c1-16-10-11-21(25-14-16)26-23(28)18-9-6-12-27(15-18)24(29)22-19(30-2)13-20(31-22)17-7-4-3-5-8-17/h3-5,7-8,10-11,13-14,18H,6,9,12,15H2,1-2H3,(H,25,26,28). The van der Waals surface area contributed by atoms with Crippen LogP contribution in [0.25, 0.3) is 10.4 Å². The molecule has 0 saturated carbocycles. The van der Waals surface area contributed by atoms with Crippen LogP contribution >= 0.6 is 11.3 Å². The molecule has 1 fully saturated rings. The van der Waals surface area contributed by atoms with E-state index in [9.17, 15) is 9.59 Å². The molecule has 1 aliphatic heterocycles. The summed E-state index contributed by atoms with van der Waals surface area (Å²) in [6, 6.07) is 15.5. The fourth-order valence-electron chi connectivity index (χ4n) is 3.71. The second-order valence-electron chi connectivity index (χ2n) is 7.67. The lowest BCUT2D eigenvalue weighted by Gasteiger charge is -2.31. The Morgan fingerprint density at radius 1 is 1.19 bits per heavy atom. The number of nitrogens with one attached hydrogen (secondary N) is 1. The van der Waals surface area contributed by atoms with E-state index in [1.165, 1.54) is 11.3 Å². The van der Waals surface area contributed by atoms with Crippen LogP contribution in [-0.2, 0) is 4.79 Å². The number of carbonyl (C=O) groups is 2. The first-order valence-corrected chi connectivity index (χ1v) is 11.1. The number of hydrogen-bond donors (Lipinski definition) is 1. The number of nitrogens with zero attached hydrogens (tertiary/aromatic N) is 2. The molecule has 3 aromatic rings. The molecular weight excluding hydrogens is 410 g/mol. The number of amides is 2. The summed E-state index contributed by atoms with van der Waals surface area (Å²) >= 11 is 1.43. The maximum absolute atomic E-state index is 13.3. The fraction of sp³-hybridized carbons (Fsp3) is 0.292. The highest BCUT2D eigenvalue weighted by atomic mass is 32.1. The molecule has 0 aliphatic carbocycles. The van der Waals surface area contributed by atoms with Gasteiger partial charge in [0.25, 0.3) is 5.91 Å². The van der Waals surface area contributed by atoms with Gasteiger partial charge in [0.1, 0.15) is 16.4 Å². The highest BCUT2D eigenvalue weighted by Crippen LogP contribution is 2.37. The number of hydrogen-bond acceptors (Lipinski definition) is 5. The first-order valence-electron chi connectivity index (χ1n) is 10.3. The minimum atomic E-state index is -0.264. The van der Waals surface area contributed by atoms with Crippen LogP contribution in [0.5, 0.6) is 5.75 Å². The topological polar surface area (TPSA) is 71.5 Å². The Balaban J connectivity index is 1.48. The average molecular weight is 436 g/mol. The molecule has 2 aromatic heterocycles. The van der Waals surface area contributed by atoms with E-state index in [1.54, 1.807) is 24.3 Å². The predicted octanol–water partition coefficient (Wildman–Crippen LogP) is 4.62. The number of aromatic nitrogens is 1. The third-order valence-electron chi connectivity index (χ3n) is 5.41. The minimum absolute atomic E-state index is 0.0880. The van der Waals surface area contributed by atoms with E-state index in [0.717, 1.165) is 28.8 Å². The van der Waals surface area contributed by atoms with Crippen LogP contribution in [-0.4, -0.2) is 41.9 Å². The monoisotopic (exact) mass is 435 g/mol. The first-order chi connectivity index (χ1) is 15.0. The number of piperidine rings is 1. The van der Waals surface area contributed by atoms with E-state index in [4.69, 9.17) is 4.74 Å². The molecule has 1 unspecified atom stereocenters. The zero-order valence-electron chi connectivity index (χ0n) is 17.6. The molecule has 2 amide bonds. The fourth-order valence-corrected chi connectivity index (χ4v) is 4.81. The third kappa shape index (κ3) is 4.77. The molecule has 1 aromatic carbocycles. The normalized spacial score (nSPS) is 16.1. The molecule has 31 heavy (non-hydrogen) atoms. The summed E-state index contributed by atoms with van der Waals surface area (Å²) in [5.41, 5.74) is 2.08. The number of rotatable bonds is 5. The molecule has 0 spiro atoms. The van der Waals surface area contributed by atoms with E-state index < -0.39 is 0 Å². The third-order valence-corrected chi connectivity index (χ3v) is 6.57. The molecule has 4 rings (SSSR count). The number of aryl methyl sites for hydroxylation is 1. The number of anilines is 1. The van der Waals surface area contributed by atoms with Gasteiger partial charge < -0.3 is 15.0 Å². The van der Waals surface area contributed by atoms with Crippen molar-refractivity contribution in [3.8, 4) is 16.2 Å². The van der Waals surface area contributed by atoms with E-state index in [1.807, 2.05) is 49.4 Å². The van der Waals surface area contributed by atoms with Gasteiger partial charge >= 0.3 is 0 Å². The highest BCUT2D eigenvalue weighted by molar-refractivity contribution is 7.17. The van der Waals surface area contributed by atoms with Gasteiger partial charge in [-0.2, -0.15) is 0 Å². The van der Waals surface area contributed by atoms with Crippen LogP contribution in [0.2, 0.25) is 0 Å². The summed E-state index contributed by atoms with van der Waals surface area (Å²) in [5.74, 6) is 0.656. The van der Waals surface area contributed by atoms with E-state index in [0.29, 0.717) is 29.5 Å². The maximum atomic E-state index is 13.3. The molecular formula is C24H25N3O3S. The Kier molecular flexibility index (Phi) is 6.32. The van der Waals surface area contributed by atoms with Crippen molar-refractivity contribution in [2.24, 2.45) is 5.92 Å². The maximum Gasteiger partial charge on any atom is 0.267 e. The second kappa shape index (κ2) is 9.31. The quantitative estimate of drug-likeness (QED) is 0.635. The molecule has 0 radical (unpaired) electrons. The van der Waals surface area contributed by atoms with Crippen LogP contribution in [0, 0.1) is 12.8 Å². The molecule has 1 saturated heterocycles. The smallest absolute Gasteiger partial charge is 0.267 e. The lowest BCUT2D eigenvalue weighted by atomic mass is 9.97. The van der Waals surface area contributed by atoms with Crippen LogP contribution in [0.1, 0.15) is 28.1 Å². The van der Waals surface area contributed by atoms with Gasteiger partial charge in [0.15, 0.2) is 0 Å². The van der Waals surface area contributed by atoms with Crippen molar-refractivity contribution in [1.29, 1.82) is 0 Å². The van der Waals surface area contributed by atoms with E-state index in [-0.39, 0.29) is 17.7 Å².